The maximum absolute atomic E-state index is 12.6. The zero-order chi connectivity index (χ0) is 16.6. The van der Waals surface area contributed by atoms with E-state index in [1.807, 2.05) is 0 Å². The third-order valence-electron chi connectivity index (χ3n) is 4.41. The molecule has 124 valence electrons. The summed E-state index contributed by atoms with van der Waals surface area (Å²) in [5, 5.41) is 9.80. The Kier molecular flexibility index (Phi) is 4.10. The molecule has 1 amide bonds. The lowest BCUT2D eigenvalue weighted by molar-refractivity contribution is -0.155. The second-order valence-corrected chi connectivity index (χ2v) is 6.41. The fraction of sp³-hybridized carbons (Fsp3) is 0.500. The van der Waals surface area contributed by atoms with Gasteiger partial charge in [-0.1, -0.05) is 11.6 Å². The first kappa shape index (κ1) is 15.9. The van der Waals surface area contributed by atoms with Crippen molar-refractivity contribution in [2.75, 3.05) is 19.8 Å². The molecule has 0 saturated carbocycles. The van der Waals surface area contributed by atoms with Gasteiger partial charge in [0.1, 0.15) is 18.8 Å². The molecule has 1 fully saturated rings. The van der Waals surface area contributed by atoms with Gasteiger partial charge in [0, 0.05) is 6.54 Å². The number of ether oxygens (including phenoxy) is 2. The summed E-state index contributed by atoms with van der Waals surface area (Å²) in [5.74, 6) is -0.177. The molecular formula is C16H18ClNO5. The molecule has 0 spiro atoms. The summed E-state index contributed by atoms with van der Waals surface area (Å²) in [6.07, 6.45) is 1.24. The van der Waals surface area contributed by atoms with E-state index in [1.165, 1.54) is 4.90 Å². The minimum atomic E-state index is -1.13. The van der Waals surface area contributed by atoms with Crippen LogP contribution in [0.3, 0.4) is 0 Å². The van der Waals surface area contributed by atoms with Gasteiger partial charge in [-0.2, -0.15) is 0 Å². The van der Waals surface area contributed by atoms with E-state index in [9.17, 15) is 14.7 Å². The lowest BCUT2D eigenvalue weighted by atomic mass is 9.98. The van der Waals surface area contributed by atoms with Crippen LogP contribution < -0.4 is 9.47 Å². The number of amides is 1. The lowest BCUT2D eigenvalue weighted by Gasteiger charge is -2.31. The minimum Gasteiger partial charge on any atom is -0.486 e. The molecule has 0 bridgehead atoms. The number of carboxylic acid groups (broad SMARTS) is 1. The van der Waals surface area contributed by atoms with E-state index >= 15 is 0 Å². The highest BCUT2D eigenvalue weighted by Gasteiger charge is 2.45. The number of carbonyl (C=O) groups excluding carboxylic acids is 1. The Hall–Kier alpha value is -1.95. The average molecular weight is 340 g/mol. The highest BCUT2D eigenvalue weighted by molar-refractivity contribution is 6.32. The standard InChI is InChI=1S/C16H18ClNO5/c1-16(15(20)21)3-2-4-18(16)13(19)9-10-7-11(17)14-12(8-10)22-5-6-23-14/h7-8H,2-6,9H2,1H3,(H,20,21). The Morgan fingerprint density at radius 1 is 1.35 bits per heavy atom. The molecule has 1 atom stereocenters. The third kappa shape index (κ3) is 2.83. The monoisotopic (exact) mass is 339 g/mol. The van der Waals surface area contributed by atoms with Crippen molar-refractivity contribution in [2.24, 2.45) is 0 Å². The number of aliphatic carboxylic acids is 1. The first-order chi connectivity index (χ1) is 10.9. The van der Waals surface area contributed by atoms with Crippen molar-refractivity contribution in [1.29, 1.82) is 0 Å². The van der Waals surface area contributed by atoms with Crippen molar-refractivity contribution in [1.82, 2.24) is 4.90 Å². The molecular weight excluding hydrogens is 322 g/mol. The summed E-state index contributed by atoms with van der Waals surface area (Å²) in [7, 11) is 0. The maximum atomic E-state index is 12.6. The largest absolute Gasteiger partial charge is 0.486 e. The normalized spacial score (nSPS) is 23.0. The number of likely N-dealkylation sites (tertiary alicyclic amines) is 1. The summed E-state index contributed by atoms with van der Waals surface area (Å²) in [5.41, 5.74) is -0.446. The van der Waals surface area contributed by atoms with Crippen molar-refractivity contribution in [3.8, 4) is 11.5 Å². The van der Waals surface area contributed by atoms with Crippen LogP contribution in [0, 0.1) is 0 Å². The van der Waals surface area contributed by atoms with E-state index in [0.717, 1.165) is 0 Å². The van der Waals surface area contributed by atoms with Crippen LogP contribution in [0.25, 0.3) is 0 Å². The van der Waals surface area contributed by atoms with Gasteiger partial charge in [0.15, 0.2) is 11.5 Å². The summed E-state index contributed by atoms with van der Waals surface area (Å²) < 4.78 is 11.0. The first-order valence-electron chi connectivity index (χ1n) is 7.54. The second-order valence-electron chi connectivity index (χ2n) is 6.01. The fourth-order valence-electron chi connectivity index (χ4n) is 3.12. The minimum absolute atomic E-state index is 0.0826. The zero-order valence-electron chi connectivity index (χ0n) is 12.8. The van der Waals surface area contributed by atoms with E-state index in [-0.39, 0.29) is 12.3 Å². The van der Waals surface area contributed by atoms with Gasteiger partial charge in [0.25, 0.3) is 0 Å². The Morgan fingerprint density at radius 3 is 2.83 bits per heavy atom. The number of benzene rings is 1. The molecule has 3 rings (SSSR count). The van der Waals surface area contributed by atoms with Crippen LogP contribution in [0.5, 0.6) is 11.5 Å². The summed E-state index contributed by atoms with van der Waals surface area (Å²) >= 11 is 6.17. The van der Waals surface area contributed by atoms with Crippen molar-refractivity contribution in [3.63, 3.8) is 0 Å². The number of nitrogens with zero attached hydrogens (tertiary/aromatic N) is 1. The van der Waals surface area contributed by atoms with Crippen LogP contribution in [-0.2, 0) is 16.0 Å². The average Bonchev–Trinajstić information content (AvgIpc) is 2.91. The number of hydrogen-bond acceptors (Lipinski definition) is 4. The molecule has 2 aliphatic rings. The highest BCUT2D eigenvalue weighted by Crippen LogP contribution is 2.39. The van der Waals surface area contributed by atoms with Gasteiger partial charge in [-0.25, -0.2) is 4.79 Å². The molecule has 7 heteroatoms. The molecule has 1 aromatic carbocycles. The van der Waals surface area contributed by atoms with Crippen LogP contribution >= 0.6 is 11.6 Å². The lowest BCUT2D eigenvalue weighted by Crippen LogP contribution is -2.51. The summed E-state index contributed by atoms with van der Waals surface area (Å²) in [6.45, 7) is 2.93. The quantitative estimate of drug-likeness (QED) is 0.912. The SMILES string of the molecule is CC1(C(=O)O)CCCN1C(=O)Cc1cc(Cl)c2c(c1)OCCO2. The van der Waals surface area contributed by atoms with Gasteiger partial charge in [-0.15, -0.1) is 0 Å². The summed E-state index contributed by atoms with van der Waals surface area (Å²) in [6, 6.07) is 3.40. The predicted molar refractivity (Wildman–Crippen MR) is 83.1 cm³/mol. The molecule has 0 aliphatic carbocycles. The van der Waals surface area contributed by atoms with Gasteiger partial charge in [-0.3, -0.25) is 4.79 Å². The van der Waals surface area contributed by atoms with Gasteiger partial charge < -0.3 is 19.5 Å². The molecule has 1 N–H and O–H groups in total. The third-order valence-corrected chi connectivity index (χ3v) is 4.70. The molecule has 2 heterocycles. The van der Waals surface area contributed by atoms with Gasteiger partial charge in [-0.05, 0) is 37.5 Å². The van der Waals surface area contributed by atoms with E-state index in [2.05, 4.69) is 0 Å². The molecule has 23 heavy (non-hydrogen) atoms. The van der Waals surface area contributed by atoms with Gasteiger partial charge in [0.2, 0.25) is 5.91 Å². The molecule has 1 aromatic rings. The van der Waals surface area contributed by atoms with Crippen LogP contribution in [0.15, 0.2) is 12.1 Å². The zero-order valence-corrected chi connectivity index (χ0v) is 13.6. The van der Waals surface area contributed by atoms with E-state index in [0.29, 0.717) is 54.7 Å². The fourth-order valence-corrected chi connectivity index (χ4v) is 3.41. The van der Waals surface area contributed by atoms with E-state index in [4.69, 9.17) is 21.1 Å². The van der Waals surface area contributed by atoms with Crippen LogP contribution in [0.1, 0.15) is 25.3 Å². The Labute approximate surface area is 138 Å². The van der Waals surface area contributed by atoms with Gasteiger partial charge in [0.05, 0.1) is 11.4 Å². The number of halogens is 1. The summed E-state index contributed by atoms with van der Waals surface area (Å²) in [4.78, 5) is 25.5. The number of carbonyl (C=O) groups is 2. The van der Waals surface area contributed by atoms with Crippen molar-refractivity contribution in [3.05, 3.63) is 22.7 Å². The van der Waals surface area contributed by atoms with E-state index < -0.39 is 11.5 Å². The smallest absolute Gasteiger partial charge is 0.329 e. The topological polar surface area (TPSA) is 76.1 Å². The molecule has 2 aliphatic heterocycles. The molecule has 6 nitrogen and oxygen atoms in total. The van der Waals surface area contributed by atoms with Crippen LogP contribution in [0.2, 0.25) is 5.02 Å². The number of carboxylic acids is 1. The molecule has 0 aromatic heterocycles. The Balaban J connectivity index is 1.81. The number of rotatable bonds is 3. The number of fused-ring (bicyclic) bond motifs is 1. The van der Waals surface area contributed by atoms with Crippen molar-refractivity contribution >= 4 is 23.5 Å². The number of hydrogen-bond donors (Lipinski definition) is 1. The highest BCUT2D eigenvalue weighted by atomic mass is 35.5. The first-order valence-corrected chi connectivity index (χ1v) is 7.91. The maximum Gasteiger partial charge on any atom is 0.329 e. The Bertz CT molecular complexity index is 662. The van der Waals surface area contributed by atoms with Crippen molar-refractivity contribution in [2.45, 2.75) is 31.7 Å². The molecule has 1 unspecified atom stereocenters. The molecule has 0 radical (unpaired) electrons. The predicted octanol–water partition coefficient (Wildman–Crippen LogP) is 2.12. The second kappa shape index (κ2) is 5.92. The van der Waals surface area contributed by atoms with E-state index in [1.54, 1.807) is 19.1 Å². The van der Waals surface area contributed by atoms with Crippen LogP contribution in [0.4, 0.5) is 0 Å². The van der Waals surface area contributed by atoms with Crippen LogP contribution in [-0.4, -0.2) is 47.2 Å². The van der Waals surface area contributed by atoms with Gasteiger partial charge >= 0.3 is 5.97 Å². The molecule has 1 saturated heterocycles. The van der Waals surface area contributed by atoms with Crippen molar-refractivity contribution < 1.29 is 24.2 Å². The Morgan fingerprint density at radius 2 is 2.09 bits per heavy atom.